The Kier molecular flexibility index (Phi) is 3.86. The van der Waals surface area contributed by atoms with Gasteiger partial charge in [0.15, 0.2) is 0 Å². The van der Waals surface area contributed by atoms with Crippen LogP contribution in [0.2, 0.25) is 0 Å². The summed E-state index contributed by atoms with van der Waals surface area (Å²) in [6.45, 7) is 6.25. The average molecular weight is 206 g/mol. The van der Waals surface area contributed by atoms with Crippen LogP contribution in [0.4, 0.5) is 0 Å². The molecule has 1 aromatic carbocycles. The number of nitrogens with two attached hydrogens (primary N) is 1. The number of amides is 1. The molecule has 15 heavy (non-hydrogen) atoms. The van der Waals surface area contributed by atoms with Gasteiger partial charge < -0.3 is 0 Å². The maximum absolute atomic E-state index is 11.0. The Morgan fingerprint density at radius 3 is 2.40 bits per heavy atom. The fraction of sp³-hybridized carbons (Fsp3) is 0.417. The van der Waals surface area contributed by atoms with E-state index < -0.39 is 0 Å². The van der Waals surface area contributed by atoms with Gasteiger partial charge in [-0.25, -0.2) is 5.84 Å². The van der Waals surface area contributed by atoms with Crippen LogP contribution in [0, 0.1) is 20.8 Å². The molecule has 0 saturated heterocycles. The van der Waals surface area contributed by atoms with E-state index in [0.717, 1.165) is 6.42 Å². The van der Waals surface area contributed by atoms with Gasteiger partial charge in [0.25, 0.3) is 0 Å². The summed E-state index contributed by atoms with van der Waals surface area (Å²) in [4.78, 5) is 11.0. The van der Waals surface area contributed by atoms with Gasteiger partial charge in [-0.2, -0.15) is 0 Å². The minimum atomic E-state index is -0.118. The van der Waals surface area contributed by atoms with Crippen molar-refractivity contribution in [1.29, 1.82) is 0 Å². The van der Waals surface area contributed by atoms with Crippen molar-refractivity contribution < 1.29 is 4.79 Å². The lowest BCUT2D eigenvalue weighted by Gasteiger charge is -2.09. The highest BCUT2D eigenvalue weighted by atomic mass is 16.2. The first-order valence-corrected chi connectivity index (χ1v) is 5.10. The van der Waals surface area contributed by atoms with E-state index in [1.165, 1.54) is 22.3 Å². The number of rotatable bonds is 3. The van der Waals surface area contributed by atoms with Crippen molar-refractivity contribution in [2.24, 2.45) is 5.84 Å². The molecule has 0 unspecified atom stereocenters. The Balaban J connectivity index is 2.77. The van der Waals surface area contributed by atoms with Crippen molar-refractivity contribution in [2.45, 2.75) is 33.6 Å². The molecule has 0 aliphatic heterocycles. The van der Waals surface area contributed by atoms with Crippen LogP contribution in [0.15, 0.2) is 12.1 Å². The first-order chi connectivity index (χ1) is 7.04. The Bertz CT molecular complexity index is 372. The minimum absolute atomic E-state index is 0.118. The van der Waals surface area contributed by atoms with Crippen molar-refractivity contribution in [2.75, 3.05) is 0 Å². The van der Waals surface area contributed by atoms with Crippen LogP contribution in [0.1, 0.15) is 28.7 Å². The molecule has 0 radical (unpaired) electrons. The molecule has 3 nitrogen and oxygen atoms in total. The SMILES string of the molecule is Cc1cc(C)c(CCC(=O)NN)cc1C. The Morgan fingerprint density at radius 1 is 1.20 bits per heavy atom. The summed E-state index contributed by atoms with van der Waals surface area (Å²) in [6.07, 6.45) is 1.19. The van der Waals surface area contributed by atoms with Gasteiger partial charge in [-0.3, -0.25) is 10.2 Å². The zero-order chi connectivity index (χ0) is 11.4. The van der Waals surface area contributed by atoms with Gasteiger partial charge in [0.2, 0.25) is 5.91 Å². The van der Waals surface area contributed by atoms with E-state index in [1.807, 2.05) is 0 Å². The zero-order valence-electron chi connectivity index (χ0n) is 9.55. The van der Waals surface area contributed by atoms with Gasteiger partial charge in [-0.1, -0.05) is 12.1 Å². The number of hydrazine groups is 1. The first-order valence-electron chi connectivity index (χ1n) is 5.10. The second-order valence-electron chi connectivity index (χ2n) is 3.93. The molecule has 1 amide bonds. The summed E-state index contributed by atoms with van der Waals surface area (Å²) >= 11 is 0. The largest absolute Gasteiger partial charge is 0.294 e. The topological polar surface area (TPSA) is 55.1 Å². The second-order valence-corrected chi connectivity index (χ2v) is 3.93. The predicted octanol–water partition coefficient (Wildman–Crippen LogP) is 1.53. The van der Waals surface area contributed by atoms with E-state index in [4.69, 9.17) is 5.84 Å². The lowest BCUT2D eigenvalue weighted by molar-refractivity contribution is -0.121. The summed E-state index contributed by atoms with van der Waals surface area (Å²) in [5.74, 6) is 4.91. The van der Waals surface area contributed by atoms with E-state index in [-0.39, 0.29) is 5.91 Å². The molecule has 0 heterocycles. The van der Waals surface area contributed by atoms with Crippen LogP contribution >= 0.6 is 0 Å². The van der Waals surface area contributed by atoms with E-state index in [2.05, 4.69) is 38.3 Å². The summed E-state index contributed by atoms with van der Waals surface area (Å²) in [7, 11) is 0. The van der Waals surface area contributed by atoms with Crippen LogP contribution < -0.4 is 11.3 Å². The second kappa shape index (κ2) is 4.94. The van der Waals surface area contributed by atoms with Crippen molar-refractivity contribution in [3.05, 3.63) is 34.4 Å². The van der Waals surface area contributed by atoms with Crippen molar-refractivity contribution in [3.63, 3.8) is 0 Å². The lowest BCUT2D eigenvalue weighted by atomic mass is 9.98. The van der Waals surface area contributed by atoms with Crippen molar-refractivity contribution >= 4 is 5.91 Å². The predicted molar refractivity (Wildman–Crippen MR) is 61.3 cm³/mol. The highest BCUT2D eigenvalue weighted by molar-refractivity contribution is 5.75. The molecule has 0 spiro atoms. The van der Waals surface area contributed by atoms with Gasteiger partial charge in [0.05, 0.1) is 0 Å². The van der Waals surface area contributed by atoms with Crippen molar-refractivity contribution in [1.82, 2.24) is 5.43 Å². The van der Waals surface area contributed by atoms with E-state index >= 15 is 0 Å². The van der Waals surface area contributed by atoms with Gasteiger partial charge in [0.1, 0.15) is 0 Å². The maximum Gasteiger partial charge on any atom is 0.234 e. The van der Waals surface area contributed by atoms with Gasteiger partial charge in [-0.05, 0) is 49.4 Å². The Morgan fingerprint density at radius 2 is 1.80 bits per heavy atom. The molecule has 0 aromatic heterocycles. The van der Waals surface area contributed by atoms with Gasteiger partial charge >= 0.3 is 0 Å². The molecule has 0 atom stereocenters. The normalized spacial score (nSPS) is 10.1. The maximum atomic E-state index is 11.0. The minimum Gasteiger partial charge on any atom is -0.294 e. The number of hydrogen-bond donors (Lipinski definition) is 2. The summed E-state index contributed by atoms with van der Waals surface area (Å²) in [6, 6.07) is 4.31. The fourth-order valence-corrected chi connectivity index (χ4v) is 1.61. The molecule has 0 fully saturated rings. The molecule has 1 aromatic rings. The zero-order valence-corrected chi connectivity index (χ0v) is 9.55. The van der Waals surface area contributed by atoms with E-state index in [1.54, 1.807) is 0 Å². The smallest absolute Gasteiger partial charge is 0.234 e. The number of hydrogen-bond acceptors (Lipinski definition) is 2. The average Bonchev–Trinajstić information content (AvgIpc) is 2.21. The molecule has 0 aliphatic rings. The van der Waals surface area contributed by atoms with Crippen LogP contribution in [0.3, 0.4) is 0 Å². The third-order valence-electron chi connectivity index (χ3n) is 2.73. The van der Waals surface area contributed by atoms with Gasteiger partial charge in [0, 0.05) is 6.42 Å². The third-order valence-corrected chi connectivity index (χ3v) is 2.73. The number of carbonyl (C=O) groups excluding carboxylic acids is 1. The molecule has 0 saturated carbocycles. The Hall–Kier alpha value is -1.35. The van der Waals surface area contributed by atoms with E-state index in [9.17, 15) is 4.79 Å². The van der Waals surface area contributed by atoms with Gasteiger partial charge in [-0.15, -0.1) is 0 Å². The molecular formula is C12H18N2O. The fourth-order valence-electron chi connectivity index (χ4n) is 1.61. The molecule has 3 N–H and O–H groups in total. The van der Waals surface area contributed by atoms with Crippen LogP contribution in [-0.2, 0) is 11.2 Å². The highest BCUT2D eigenvalue weighted by Gasteiger charge is 2.04. The Labute approximate surface area is 90.6 Å². The number of carbonyl (C=O) groups is 1. The lowest BCUT2D eigenvalue weighted by Crippen LogP contribution is -2.30. The monoisotopic (exact) mass is 206 g/mol. The number of benzene rings is 1. The first kappa shape index (κ1) is 11.7. The van der Waals surface area contributed by atoms with Crippen LogP contribution in [-0.4, -0.2) is 5.91 Å². The third kappa shape index (κ3) is 3.06. The molecule has 0 aliphatic carbocycles. The quantitative estimate of drug-likeness (QED) is 0.448. The van der Waals surface area contributed by atoms with Crippen LogP contribution in [0.5, 0.6) is 0 Å². The number of nitrogens with one attached hydrogen (secondary N) is 1. The molecule has 1 rings (SSSR count). The summed E-state index contributed by atoms with van der Waals surface area (Å²) < 4.78 is 0. The van der Waals surface area contributed by atoms with E-state index in [0.29, 0.717) is 6.42 Å². The number of aryl methyl sites for hydroxylation is 4. The summed E-state index contributed by atoms with van der Waals surface area (Å²) in [5.41, 5.74) is 7.16. The standard InChI is InChI=1S/C12H18N2O/c1-8-6-10(3)11(7-9(8)2)4-5-12(15)14-13/h6-7H,4-5,13H2,1-3H3,(H,14,15). The summed E-state index contributed by atoms with van der Waals surface area (Å²) in [5, 5.41) is 0. The van der Waals surface area contributed by atoms with Crippen molar-refractivity contribution in [3.8, 4) is 0 Å². The molecule has 0 bridgehead atoms. The molecular weight excluding hydrogens is 188 g/mol. The van der Waals surface area contributed by atoms with Crippen LogP contribution in [0.25, 0.3) is 0 Å². The molecule has 82 valence electrons. The highest BCUT2D eigenvalue weighted by Crippen LogP contribution is 2.16. The molecule has 3 heteroatoms.